The topological polar surface area (TPSA) is 38.3 Å². The third-order valence-corrected chi connectivity index (χ3v) is 4.78. The van der Waals surface area contributed by atoms with Gasteiger partial charge in [-0.2, -0.15) is 0 Å². The second kappa shape index (κ2) is 8.13. The maximum absolute atomic E-state index is 11.7. The Balaban J connectivity index is 1.64. The summed E-state index contributed by atoms with van der Waals surface area (Å²) in [4.78, 5) is 11.7. The summed E-state index contributed by atoms with van der Waals surface area (Å²) in [6.45, 7) is 1.43. The van der Waals surface area contributed by atoms with Crippen molar-refractivity contribution in [2.45, 2.75) is 24.7 Å². The molecule has 1 aliphatic rings. The minimum atomic E-state index is 0.0468. The second-order valence-electron chi connectivity index (χ2n) is 4.68. The molecule has 0 aliphatic carbocycles. The van der Waals surface area contributed by atoms with Gasteiger partial charge in [0, 0.05) is 18.9 Å². The van der Waals surface area contributed by atoms with Crippen LogP contribution in [0.3, 0.4) is 0 Å². The number of carbonyl (C=O) groups is 1. The zero-order chi connectivity index (χ0) is 14.4. The molecule has 1 heterocycles. The molecule has 0 radical (unpaired) electrons. The van der Waals surface area contributed by atoms with Crippen molar-refractivity contribution < 1.29 is 9.53 Å². The molecule has 1 N–H and O–H groups in total. The van der Waals surface area contributed by atoms with E-state index in [1.54, 1.807) is 17.8 Å². The van der Waals surface area contributed by atoms with E-state index in [0.717, 1.165) is 30.8 Å². The van der Waals surface area contributed by atoms with Crippen LogP contribution < -0.4 is 5.32 Å². The molecule has 1 unspecified atom stereocenters. The van der Waals surface area contributed by atoms with Crippen LogP contribution in [-0.4, -0.2) is 30.9 Å². The lowest BCUT2D eigenvalue weighted by Gasteiger charge is -2.10. The van der Waals surface area contributed by atoms with E-state index in [4.69, 9.17) is 27.9 Å². The molecule has 0 saturated carbocycles. The van der Waals surface area contributed by atoms with Crippen molar-refractivity contribution in [3.05, 3.63) is 33.8 Å². The standard InChI is InChI=1S/C14H17Cl2NO2S/c15-12-4-3-10(6-13(12)16)8-20-9-14(18)17-7-11-2-1-5-19-11/h3-4,6,11H,1-2,5,7-9H2,(H,17,18). The summed E-state index contributed by atoms with van der Waals surface area (Å²) in [6.07, 6.45) is 2.32. The smallest absolute Gasteiger partial charge is 0.230 e. The fraction of sp³-hybridized carbons (Fsp3) is 0.500. The Bertz CT molecular complexity index is 464. The Labute approximate surface area is 133 Å². The molecule has 3 nitrogen and oxygen atoms in total. The van der Waals surface area contributed by atoms with Gasteiger partial charge in [0.2, 0.25) is 5.91 Å². The number of carbonyl (C=O) groups excluding carboxylic acids is 1. The average molecular weight is 334 g/mol. The quantitative estimate of drug-likeness (QED) is 0.865. The summed E-state index contributed by atoms with van der Waals surface area (Å²) in [7, 11) is 0. The molecule has 1 aromatic carbocycles. The van der Waals surface area contributed by atoms with Crippen LogP contribution in [0.5, 0.6) is 0 Å². The van der Waals surface area contributed by atoms with E-state index in [-0.39, 0.29) is 12.0 Å². The van der Waals surface area contributed by atoms with Gasteiger partial charge >= 0.3 is 0 Å². The van der Waals surface area contributed by atoms with Gasteiger partial charge in [-0.3, -0.25) is 4.79 Å². The van der Waals surface area contributed by atoms with Crippen molar-refractivity contribution in [2.75, 3.05) is 18.9 Å². The number of amides is 1. The van der Waals surface area contributed by atoms with E-state index in [2.05, 4.69) is 5.32 Å². The third-order valence-electron chi connectivity index (χ3n) is 3.04. The molecule has 1 fully saturated rings. The minimum Gasteiger partial charge on any atom is -0.376 e. The fourth-order valence-corrected chi connectivity index (χ4v) is 3.10. The predicted molar refractivity (Wildman–Crippen MR) is 84.6 cm³/mol. The second-order valence-corrected chi connectivity index (χ2v) is 6.48. The Hall–Kier alpha value is -0.420. The zero-order valence-electron chi connectivity index (χ0n) is 11.0. The van der Waals surface area contributed by atoms with Gasteiger partial charge in [0.1, 0.15) is 0 Å². The van der Waals surface area contributed by atoms with Crippen LogP contribution >= 0.6 is 35.0 Å². The lowest BCUT2D eigenvalue weighted by Crippen LogP contribution is -2.32. The molecular weight excluding hydrogens is 317 g/mol. The van der Waals surface area contributed by atoms with Crippen LogP contribution in [0, 0.1) is 0 Å². The minimum absolute atomic E-state index is 0.0468. The van der Waals surface area contributed by atoms with Crippen LogP contribution in [0.2, 0.25) is 10.0 Å². The number of hydrogen-bond acceptors (Lipinski definition) is 3. The number of halogens is 2. The predicted octanol–water partition coefficient (Wildman–Crippen LogP) is 3.52. The zero-order valence-corrected chi connectivity index (χ0v) is 13.4. The molecule has 2 rings (SSSR count). The first-order valence-corrected chi connectivity index (χ1v) is 8.46. The molecule has 0 spiro atoms. The lowest BCUT2D eigenvalue weighted by atomic mass is 10.2. The highest BCUT2D eigenvalue weighted by Gasteiger charge is 2.15. The van der Waals surface area contributed by atoms with Crippen molar-refractivity contribution in [1.82, 2.24) is 5.32 Å². The largest absolute Gasteiger partial charge is 0.376 e. The van der Waals surface area contributed by atoms with Crippen LogP contribution in [0.15, 0.2) is 18.2 Å². The fourth-order valence-electron chi connectivity index (χ4n) is 1.98. The van der Waals surface area contributed by atoms with Gasteiger partial charge in [0.05, 0.1) is 21.9 Å². The summed E-state index contributed by atoms with van der Waals surface area (Å²) in [5, 5.41) is 4.00. The number of benzene rings is 1. The van der Waals surface area contributed by atoms with Gasteiger partial charge in [0.25, 0.3) is 0 Å². The van der Waals surface area contributed by atoms with E-state index < -0.39 is 0 Å². The first kappa shape index (κ1) is 16.0. The van der Waals surface area contributed by atoms with E-state index >= 15 is 0 Å². The summed E-state index contributed by atoms with van der Waals surface area (Å²) < 4.78 is 5.45. The van der Waals surface area contributed by atoms with Gasteiger partial charge in [-0.05, 0) is 30.5 Å². The molecule has 1 atom stereocenters. The third kappa shape index (κ3) is 5.17. The molecule has 1 saturated heterocycles. The van der Waals surface area contributed by atoms with Crippen LogP contribution in [0.25, 0.3) is 0 Å². The first-order chi connectivity index (χ1) is 9.65. The van der Waals surface area contributed by atoms with E-state index in [1.165, 1.54) is 0 Å². The van der Waals surface area contributed by atoms with Crippen molar-refractivity contribution in [2.24, 2.45) is 0 Å². The SMILES string of the molecule is O=C(CSCc1ccc(Cl)c(Cl)c1)NCC1CCCO1. The van der Waals surface area contributed by atoms with Gasteiger partial charge in [-0.15, -0.1) is 11.8 Å². The highest BCUT2D eigenvalue weighted by molar-refractivity contribution is 7.99. The average Bonchev–Trinajstić information content (AvgIpc) is 2.94. The van der Waals surface area contributed by atoms with E-state index in [1.807, 2.05) is 12.1 Å². The van der Waals surface area contributed by atoms with E-state index in [9.17, 15) is 4.79 Å². The molecule has 110 valence electrons. The van der Waals surface area contributed by atoms with Gasteiger partial charge in [-0.25, -0.2) is 0 Å². The first-order valence-electron chi connectivity index (χ1n) is 6.55. The Morgan fingerprint density at radius 1 is 1.40 bits per heavy atom. The Morgan fingerprint density at radius 2 is 2.25 bits per heavy atom. The maximum atomic E-state index is 11.7. The summed E-state index contributed by atoms with van der Waals surface area (Å²) >= 11 is 13.4. The number of ether oxygens (including phenoxy) is 1. The van der Waals surface area contributed by atoms with Crippen molar-refractivity contribution in [3.8, 4) is 0 Å². The molecular formula is C14H17Cl2NO2S. The Kier molecular flexibility index (Phi) is 6.49. The highest BCUT2D eigenvalue weighted by Crippen LogP contribution is 2.24. The van der Waals surface area contributed by atoms with Crippen molar-refractivity contribution in [1.29, 1.82) is 0 Å². The Morgan fingerprint density at radius 3 is 2.95 bits per heavy atom. The van der Waals surface area contributed by atoms with Gasteiger partial charge in [0.15, 0.2) is 0 Å². The normalized spacial score (nSPS) is 18.2. The van der Waals surface area contributed by atoms with Crippen molar-refractivity contribution in [3.63, 3.8) is 0 Å². The van der Waals surface area contributed by atoms with Crippen LogP contribution in [-0.2, 0) is 15.3 Å². The number of hydrogen-bond donors (Lipinski definition) is 1. The van der Waals surface area contributed by atoms with E-state index in [0.29, 0.717) is 22.3 Å². The molecule has 0 bridgehead atoms. The number of rotatable bonds is 6. The van der Waals surface area contributed by atoms with Crippen LogP contribution in [0.4, 0.5) is 0 Å². The molecule has 6 heteroatoms. The summed E-state index contributed by atoms with van der Waals surface area (Å²) in [5.74, 6) is 1.22. The molecule has 1 aromatic rings. The molecule has 1 aliphatic heterocycles. The van der Waals surface area contributed by atoms with Gasteiger partial charge in [-0.1, -0.05) is 29.3 Å². The molecule has 0 aromatic heterocycles. The summed E-state index contributed by atoms with van der Waals surface area (Å²) in [6, 6.07) is 5.53. The van der Waals surface area contributed by atoms with Crippen LogP contribution in [0.1, 0.15) is 18.4 Å². The maximum Gasteiger partial charge on any atom is 0.230 e. The lowest BCUT2D eigenvalue weighted by molar-refractivity contribution is -0.119. The molecule has 20 heavy (non-hydrogen) atoms. The van der Waals surface area contributed by atoms with Gasteiger partial charge < -0.3 is 10.1 Å². The highest BCUT2D eigenvalue weighted by atomic mass is 35.5. The summed E-state index contributed by atoms with van der Waals surface area (Å²) in [5.41, 5.74) is 1.07. The van der Waals surface area contributed by atoms with Crippen molar-refractivity contribution >= 4 is 40.9 Å². The number of nitrogens with one attached hydrogen (secondary N) is 1. The monoisotopic (exact) mass is 333 g/mol. The molecule has 1 amide bonds. The number of thioether (sulfide) groups is 1.